The Bertz CT molecular complexity index is 762. The first-order chi connectivity index (χ1) is 12.7. The number of nitrogens with zero attached hydrogens (tertiary/aromatic N) is 1. The van der Waals surface area contributed by atoms with Crippen molar-refractivity contribution in [3.63, 3.8) is 0 Å². The van der Waals surface area contributed by atoms with Gasteiger partial charge in [0, 0.05) is 25.1 Å². The molecule has 3 rings (SSSR count). The number of carbonyl (C=O) groups excluding carboxylic acids is 1. The summed E-state index contributed by atoms with van der Waals surface area (Å²) in [5.74, 6) is 2.18. The zero-order valence-electron chi connectivity index (χ0n) is 15.2. The fourth-order valence-electron chi connectivity index (χ4n) is 3.07. The van der Waals surface area contributed by atoms with Crippen molar-refractivity contribution in [3.8, 4) is 23.0 Å². The SMILES string of the molecule is COc1cc(OC)c(C(=O)N2CC[C@H](Oc3ccccc3)C2)cc1OC. The van der Waals surface area contributed by atoms with Crippen LogP contribution in [0.1, 0.15) is 16.8 Å². The Morgan fingerprint density at radius 2 is 1.62 bits per heavy atom. The first-order valence-corrected chi connectivity index (χ1v) is 8.47. The number of hydrogen-bond acceptors (Lipinski definition) is 5. The fraction of sp³-hybridized carbons (Fsp3) is 0.350. The molecule has 1 fully saturated rings. The van der Waals surface area contributed by atoms with Gasteiger partial charge in [-0.05, 0) is 12.1 Å². The molecule has 26 heavy (non-hydrogen) atoms. The van der Waals surface area contributed by atoms with E-state index in [0.29, 0.717) is 35.9 Å². The number of amides is 1. The van der Waals surface area contributed by atoms with Crippen molar-refractivity contribution in [2.45, 2.75) is 12.5 Å². The van der Waals surface area contributed by atoms with Crippen LogP contribution < -0.4 is 18.9 Å². The number of methoxy groups -OCH3 is 3. The summed E-state index contributed by atoms with van der Waals surface area (Å²) in [6.07, 6.45) is 0.767. The molecule has 2 aromatic rings. The van der Waals surface area contributed by atoms with Gasteiger partial charge in [0.2, 0.25) is 0 Å². The summed E-state index contributed by atoms with van der Waals surface area (Å²) in [6.45, 7) is 1.17. The van der Waals surface area contributed by atoms with Crippen LogP contribution in [0.25, 0.3) is 0 Å². The first kappa shape index (κ1) is 17.9. The van der Waals surface area contributed by atoms with Crippen LogP contribution in [0.15, 0.2) is 42.5 Å². The third kappa shape index (κ3) is 3.69. The zero-order valence-corrected chi connectivity index (χ0v) is 15.2. The summed E-state index contributed by atoms with van der Waals surface area (Å²) in [5.41, 5.74) is 0.450. The number of para-hydroxylation sites is 1. The van der Waals surface area contributed by atoms with E-state index in [2.05, 4.69) is 0 Å². The quantitative estimate of drug-likeness (QED) is 0.795. The average molecular weight is 357 g/mol. The van der Waals surface area contributed by atoms with Crippen molar-refractivity contribution in [3.05, 3.63) is 48.0 Å². The molecule has 0 aromatic heterocycles. The average Bonchev–Trinajstić information content (AvgIpc) is 3.15. The minimum atomic E-state index is -0.109. The van der Waals surface area contributed by atoms with Gasteiger partial charge in [0.15, 0.2) is 11.5 Å². The van der Waals surface area contributed by atoms with Crippen molar-refractivity contribution in [1.82, 2.24) is 4.90 Å². The van der Waals surface area contributed by atoms with Crippen LogP contribution >= 0.6 is 0 Å². The molecule has 138 valence electrons. The minimum absolute atomic E-state index is 0.0208. The smallest absolute Gasteiger partial charge is 0.257 e. The highest BCUT2D eigenvalue weighted by molar-refractivity contribution is 5.98. The molecule has 0 unspecified atom stereocenters. The molecule has 0 saturated carbocycles. The number of hydrogen-bond donors (Lipinski definition) is 0. The molecule has 0 bridgehead atoms. The predicted octanol–water partition coefficient (Wildman–Crippen LogP) is 3.01. The molecule has 6 nitrogen and oxygen atoms in total. The lowest BCUT2D eigenvalue weighted by Crippen LogP contribution is -2.31. The highest BCUT2D eigenvalue weighted by atomic mass is 16.5. The summed E-state index contributed by atoms with van der Waals surface area (Å²) >= 11 is 0. The van der Waals surface area contributed by atoms with E-state index < -0.39 is 0 Å². The summed E-state index contributed by atoms with van der Waals surface area (Å²) < 4.78 is 21.9. The van der Waals surface area contributed by atoms with E-state index in [9.17, 15) is 4.79 Å². The molecule has 0 N–H and O–H groups in total. The van der Waals surface area contributed by atoms with E-state index in [0.717, 1.165) is 12.2 Å². The van der Waals surface area contributed by atoms with Gasteiger partial charge < -0.3 is 23.8 Å². The largest absolute Gasteiger partial charge is 0.496 e. The van der Waals surface area contributed by atoms with Crippen molar-refractivity contribution < 1.29 is 23.7 Å². The van der Waals surface area contributed by atoms with Gasteiger partial charge in [-0.2, -0.15) is 0 Å². The maximum atomic E-state index is 13.0. The van der Waals surface area contributed by atoms with Crippen LogP contribution in [-0.4, -0.2) is 51.3 Å². The molecule has 2 aromatic carbocycles. The molecular weight excluding hydrogens is 334 g/mol. The van der Waals surface area contributed by atoms with Gasteiger partial charge in [0.05, 0.1) is 33.4 Å². The second-order valence-corrected chi connectivity index (χ2v) is 6.00. The Morgan fingerprint density at radius 1 is 0.962 bits per heavy atom. The van der Waals surface area contributed by atoms with Crippen molar-refractivity contribution in [2.75, 3.05) is 34.4 Å². The minimum Gasteiger partial charge on any atom is -0.496 e. The molecule has 1 amide bonds. The molecule has 1 atom stereocenters. The summed E-state index contributed by atoms with van der Waals surface area (Å²) in [5, 5.41) is 0. The summed E-state index contributed by atoms with van der Waals surface area (Å²) in [6, 6.07) is 13.0. The number of carbonyl (C=O) groups is 1. The van der Waals surface area contributed by atoms with Crippen LogP contribution in [0, 0.1) is 0 Å². The lowest BCUT2D eigenvalue weighted by atomic mass is 10.1. The lowest BCUT2D eigenvalue weighted by molar-refractivity contribution is 0.0768. The molecule has 1 heterocycles. The van der Waals surface area contributed by atoms with Gasteiger partial charge in [-0.3, -0.25) is 4.79 Å². The topological polar surface area (TPSA) is 57.2 Å². The molecule has 0 aliphatic carbocycles. The van der Waals surface area contributed by atoms with Gasteiger partial charge in [0.25, 0.3) is 5.91 Å². The Kier molecular flexibility index (Phi) is 5.51. The second kappa shape index (κ2) is 7.99. The van der Waals surface area contributed by atoms with Gasteiger partial charge in [-0.1, -0.05) is 18.2 Å². The zero-order chi connectivity index (χ0) is 18.5. The van der Waals surface area contributed by atoms with Crippen LogP contribution in [0.2, 0.25) is 0 Å². The van der Waals surface area contributed by atoms with E-state index in [1.165, 1.54) is 14.2 Å². The van der Waals surface area contributed by atoms with Crippen LogP contribution in [0.4, 0.5) is 0 Å². The highest BCUT2D eigenvalue weighted by Gasteiger charge is 2.30. The van der Waals surface area contributed by atoms with Gasteiger partial charge in [-0.15, -0.1) is 0 Å². The van der Waals surface area contributed by atoms with Crippen LogP contribution in [0.3, 0.4) is 0 Å². The lowest BCUT2D eigenvalue weighted by Gasteiger charge is -2.20. The molecule has 1 saturated heterocycles. The standard InChI is InChI=1S/C20H23NO5/c1-23-17-12-19(25-3)18(24-2)11-16(17)20(22)21-10-9-15(13-21)26-14-7-5-4-6-8-14/h4-8,11-12,15H,9-10,13H2,1-3H3/t15-/m0/s1. The van der Waals surface area contributed by atoms with Gasteiger partial charge in [-0.25, -0.2) is 0 Å². The van der Waals surface area contributed by atoms with E-state index >= 15 is 0 Å². The van der Waals surface area contributed by atoms with E-state index in [-0.39, 0.29) is 12.0 Å². The molecule has 0 spiro atoms. The number of benzene rings is 2. The molecular formula is C20H23NO5. The Balaban J connectivity index is 1.75. The van der Waals surface area contributed by atoms with E-state index in [1.807, 2.05) is 30.3 Å². The maximum Gasteiger partial charge on any atom is 0.257 e. The van der Waals surface area contributed by atoms with Crippen molar-refractivity contribution in [1.29, 1.82) is 0 Å². The third-order valence-electron chi connectivity index (χ3n) is 4.41. The molecule has 1 aliphatic heterocycles. The molecule has 1 aliphatic rings. The highest BCUT2D eigenvalue weighted by Crippen LogP contribution is 2.35. The van der Waals surface area contributed by atoms with E-state index in [1.54, 1.807) is 24.1 Å². The Morgan fingerprint density at radius 3 is 2.27 bits per heavy atom. The van der Waals surface area contributed by atoms with Crippen LogP contribution in [-0.2, 0) is 0 Å². The molecule has 6 heteroatoms. The van der Waals surface area contributed by atoms with Crippen LogP contribution in [0.5, 0.6) is 23.0 Å². The number of likely N-dealkylation sites (tertiary alicyclic amines) is 1. The van der Waals surface area contributed by atoms with Gasteiger partial charge >= 0.3 is 0 Å². The molecule has 0 radical (unpaired) electrons. The monoisotopic (exact) mass is 357 g/mol. The predicted molar refractivity (Wildman–Crippen MR) is 97.5 cm³/mol. The number of ether oxygens (including phenoxy) is 4. The number of rotatable bonds is 6. The second-order valence-electron chi connectivity index (χ2n) is 6.00. The third-order valence-corrected chi connectivity index (χ3v) is 4.41. The first-order valence-electron chi connectivity index (χ1n) is 8.47. The Hall–Kier alpha value is -2.89. The normalized spacial score (nSPS) is 16.3. The summed E-state index contributed by atoms with van der Waals surface area (Å²) in [7, 11) is 4.62. The fourth-order valence-corrected chi connectivity index (χ4v) is 3.07. The van der Waals surface area contributed by atoms with Crippen molar-refractivity contribution in [2.24, 2.45) is 0 Å². The van der Waals surface area contributed by atoms with E-state index in [4.69, 9.17) is 18.9 Å². The Labute approximate surface area is 153 Å². The maximum absolute atomic E-state index is 13.0. The summed E-state index contributed by atoms with van der Waals surface area (Å²) in [4.78, 5) is 14.8. The van der Waals surface area contributed by atoms with Crippen molar-refractivity contribution >= 4 is 5.91 Å². The van der Waals surface area contributed by atoms with Gasteiger partial charge in [0.1, 0.15) is 17.6 Å².